The Bertz CT molecular complexity index is 837. The van der Waals surface area contributed by atoms with Crippen LogP contribution in [0.15, 0.2) is 30.7 Å². The fourth-order valence-electron chi connectivity index (χ4n) is 2.96. The second-order valence-corrected chi connectivity index (χ2v) is 5.75. The summed E-state index contributed by atoms with van der Waals surface area (Å²) in [6.45, 7) is 5.49. The molecule has 1 fully saturated rings. The highest BCUT2D eigenvalue weighted by Crippen LogP contribution is 2.20. The van der Waals surface area contributed by atoms with Gasteiger partial charge < -0.3 is 14.5 Å². The predicted molar refractivity (Wildman–Crippen MR) is 90.7 cm³/mol. The number of aromatic nitrogens is 5. The Kier molecular flexibility index (Phi) is 3.64. The van der Waals surface area contributed by atoms with Crippen molar-refractivity contribution >= 4 is 17.4 Å². The van der Waals surface area contributed by atoms with Gasteiger partial charge in [0, 0.05) is 44.0 Å². The van der Waals surface area contributed by atoms with E-state index in [9.17, 15) is 0 Å². The Morgan fingerprint density at radius 2 is 1.75 bits per heavy atom. The molecular weight excluding hydrogens is 306 g/mol. The van der Waals surface area contributed by atoms with Gasteiger partial charge in [0.2, 0.25) is 5.95 Å². The molecule has 1 aliphatic rings. The van der Waals surface area contributed by atoms with E-state index in [1.807, 2.05) is 17.5 Å². The number of anilines is 2. The third-order valence-corrected chi connectivity index (χ3v) is 4.21. The molecule has 0 saturated carbocycles. The van der Waals surface area contributed by atoms with E-state index in [1.54, 1.807) is 25.7 Å². The van der Waals surface area contributed by atoms with Gasteiger partial charge in [-0.2, -0.15) is 9.61 Å². The van der Waals surface area contributed by atoms with Crippen molar-refractivity contribution in [1.82, 2.24) is 24.6 Å². The van der Waals surface area contributed by atoms with Crippen LogP contribution in [0.25, 0.3) is 5.65 Å². The normalized spacial score (nSPS) is 15.1. The van der Waals surface area contributed by atoms with Gasteiger partial charge in [0.1, 0.15) is 5.82 Å². The minimum absolute atomic E-state index is 0.672. The van der Waals surface area contributed by atoms with E-state index in [-0.39, 0.29) is 0 Å². The molecule has 0 amide bonds. The molecule has 0 unspecified atom stereocenters. The molecule has 0 atom stereocenters. The first-order chi connectivity index (χ1) is 11.7. The molecule has 8 nitrogen and oxygen atoms in total. The van der Waals surface area contributed by atoms with Crippen LogP contribution in [0.1, 0.15) is 5.69 Å². The highest BCUT2D eigenvalue weighted by Gasteiger charge is 2.21. The lowest BCUT2D eigenvalue weighted by molar-refractivity contribution is 0.410. The largest absolute Gasteiger partial charge is 0.494 e. The number of hydrogen-bond acceptors (Lipinski definition) is 7. The molecule has 3 aromatic rings. The Balaban J connectivity index is 1.51. The monoisotopic (exact) mass is 325 g/mol. The number of methoxy groups -OCH3 is 1. The lowest BCUT2D eigenvalue weighted by Gasteiger charge is -2.36. The predicted octanol–water partition coefficient (Wildman–Crippen LogP) is 1.16. The zero-order valence-corrected chi connectivity index (χ0v) is 13.8. The van der Waals surface area contributed by atoms with Crippen LogP contribution in [0, 0.1) is 6.92 Å². The molecule has 0 aliphatic carbocycles. The topological polar surface area (TPSA) is 71.7 Å². The maximum atomic E-state index is 5.11. The van der Waals surface area contributed by atoms with Crippen molar-refractivity contribution in [2.75, 3.05) is 43.1 Å². The first-order valence-corrected chi connectivity index (χ1v) is 7.92. The van der Waals surface area contributed by atoms with Crippen LogP contribution in [0.2, 0.25) is 0 Å². The molecular formula is C16H19N7O. The van der Waals surface area contributed by atoms with Gasteiger partial charge >= 0.3 is 0 Å². The molecule has 0 radical (unpaired) electrons. The Morgan fingerprint density at radius 1 is 1.04 bits per heavy atom. The Morgan fingerprint density at radius 3 is 2.46 bits per heavy atom. The summed E-state index contributed by atoms with van der Waals surface area (Å²) in [6.07, 6.45) is 5.19. The summed E-state index contributed by atoms with van der Waals surface area (Å²) in [6, 6.07) is 4.01. The lowest BCUT2D eigenvalue weighted by atomic mass is 10.3. The molecule has 1 saturated heterocycles. The van der Waals surface area contributed by atoms with Crippen LogP contribution >= 0.6 is 0 Å². The zero-order chi connectivity index (χ0) is 16.5. The van der Waals surface area contributed by atoms with Crippen molar-refractivity contribution in [3.8, 4) is 5.75 Å². The van der Waals surface area contributed by atoms with Crippen molar-refractivity contribution in [2.45, 2.75) is 6.92 Å². The second kappa shape index (κ2) is 5.95. The van der Waals surface area contributed by atoms with Gasteiger partial charge in [-0.1, -0.05) is 0 Å². The molecule has 0 spiro atoms. The van der Waals surface area contributed by atoms with Crippen LogP contribution in [0.3, 0.4) is 0 Å². The van der Waals surface area contributed by atoms with E-state index >= 15 is 0 Å². The van der Waals surface area contributed by atoms with Crippen LogP contribution in [0.4, 0.5) is 11.8 Å². The molecule has 4 heterocycles. The van der Waals surface area contributed by atoms with E-state index in [1.165, 1.54) is 0 Å². The SMILES string of the molecule is COc1cnc(N2CCN(c3cc(C)nc4ccnn34)CC2)nc1. The van der Waals surface area contributed by atoms with Crippen LogP contribution < -0.4 is 14.5 Å². The standard InChI is InChI=1S/C16H19N7O/c1-12-9-15(23-14(20-12)3-4-19-23)21-5-7-22(8-6-21)16-17-10-13(24-2)11-18-16/h3-4,9-11H,5-8H2,1-2H3. The smallest absolute Gasteiger partial charge is 0.225 e. The van der Waals surface area contributed by atoms with Gasteiger partial charge in [-0.05, 0) is 6.92 Å². The molecule has 24 heavy (non-hydrogen) atoms. The number of fused-ring (bicyclic) bond motifs is 1. The first kappa shape index (κ1) is 14.7. The summed E-state index contributed by atoms with van der Waals surface area (Å²) in [4.78, 5) is 17.8. The van der Waals surface area contributed by atoms with Crippen LogP contribution in [-0.4, -0.2) is 57.9 Å². The Labute approximate surface area is 139 Å². The number of ether oxygens (including phenoxy) is 1. The Hall–Kier alpha value is -2.90. The highest BCUT2D eigenvalue weighted by atomic mass is 16.5. The quantitative estimate of drug-likeness (QED) is 0.715. The van der Waals surface area contributed by atoms with E-state index < -0.39 is 0 Å². The van der Waals surface area contributed by atoms with Crippen molar-refractivity contribution in [2.24, 2.45) is 0 Å². The number of hydrogen-bond donors (Lipinski definition) is 0. The molecule has 8 heteroatoms. The minimum Gasteiger partial charge on any atom is -0.494 e. The van der Waals surface area contributed by atoms with Crippen LogP contribution in [-0.2, 0) is 0 Å². The molecule has 1 aliphatic heterocycles. The number of piperazine rings is 1. The molecule has 4 rings (SSSR count). The van der Waals surface area contributed by atoms with E-state index in [4.69, 9.17) is 4.74 Å². The van der Waals surface area contributed by atoms with Gasteiger partial charge in [-0.15, -0.1) is 0 Å². The molecule has 0 N–H and O–H groups in total. The van der Waals surface area contributed by atoms with Gasteiger partial charge in [-0.3, -0.25) is 0 Å². The van der Waals surface area contributed by atoms with Gasteiger partial charge in [0.15, 0.2) is 11.4 Å². The van der Waals surface area contributed by atoms with Crippen LogP contribution in [0.5, 0.6) is 5.75 Å². The zero-order valence-electron chi connectivity index (χ0n) is 13.8. The maximum absolute atomic E-state index is 5.11. The highest BCUT2D eigenvalue weighted by molar-refractivity contribution is 5.51. The van der Waals surface area contributed by atoms with E-state index in [2.05, 4.69) is 35.9 Å². The van der Waals surface area contributed by atoms with Gasteiger partial charge in [0.05, 0.1) is 25.7 Å². The lowest BCUT2D eigenvalue weighted by Crippen LogP contribution is -2.47. The molecule has 3 aromatic heterocycles. The number of rotatable bonds is 3. The third kappa shape index (κ3) is 2.60. The van der Waals surface area contributed by atoms with Gasteiger partial charge in [0.25, 0.3) is 0 Å². The van der Waals surface area contributed by atoms with Crippen molar-refractivity contribution < 1.29 is 4.74 Å². The fraction of sp³-hybridized carbons (Fsp3) is 0.375. The van der Waals surface area contributed by atoms with Crippen molar-refractivity contribution in [3.05, 3.63) is 36.4 Å². The average Bonchev–Trinajstić information content (AvgIpc) is 3.09. The summed E-state index contributed by atoms with van der Waals surface area (Å²) < 4.78 is 7.00. The fourth-order valence-corrected chi connectivity index (χ4v) is 2.96. The summed E-state index contributed by atoms with van der Waals surface area (Å²) in [5.41, 5.74) is 1.88. The summed E-state index contributed by atoms with van der Waals surface area (Å²) in [7, 11) is 1.61. The summed E-state index contributed by atoms with van der Waals surface area (Å²) in [5, 5.41) is 4.39. The molecule has 0 bridgehead atoms. The van der Waals surface area contributed by atoms with Crippen molar-refractivity contribution in [1.29, 1.82) is 0 Å². The van der Waals surface area contributed by atoms with E-state index in [0.717, 1.165) is 49.3 Å². The number of aryl methyl sites for hydroxylation is 1. The number of nitrogens with zero attached hydrogens (tertiary/aromatic N) is 7. The van der Waals surface area contributed by atoms with E-state index in [0.29, 0.717) is 5.75 Å². The average molecular weight is 325 g/mol. The third-order valence-electron chi connectivity index (χ3n) is 4.21. The van der Waals surface area contributed by atoms with Crippen molar-refractivity contribution in [3.63, 3.8) is 0 Å². The minimum atomic E-state index is 0.672. The summed E-state index contributed by atoms with van der Waals surface area (Å²) >= 11 is 0. The molecule has 124 valence electrons. The first-order valence-electron chi connectivity index (χ1n) is 7.92. The maximum Gasteiger partial charge on any atom is 0.225 e. The van der Waals surface area contributed by atoms with Gasteiger partial charge in [-0.25, -0.2) is 15.0 Å². The second-order valence-electron chi connectivity index (χ2n) is 5.75. The summed E-state index contributed by atoms with van der Waals surface area (Å²) in [5.74, 6) is 2.49. The molecule has 0 aromatic carbocycles.